The number of carbonyl (C=O) groups excluding carboxylic acids is 2. The number of fused-ring (bicyclic) bond motifs is 1. The van der Waals surface area contributed by atoms with Crippen LogP contribution in [0.4, 0.5) is 4.79 Å². The summed E-state index contributed by atoms with van der Waals surface area (Å²) in [5.74, 6) is -0.352. The van der Waals surface area contributed by atoms with E-state index < -0.39 is 17.8 Å². The summed E-state index contributed by atoms with van der Waals surface area (Å²) in [5, 5.41) is 2.93. The number of ether oxygens (including phenoxy) is 1. The largest absolute Gasteiger partial charge is 0.439 e. The van der Waals surface area contributed by atoms with Gasteiger partial charge in [0.2, 0.25) is 0 Å². The summed E-state index contributed by atoms with van der Waals surface area (Å²) >= 11 is 0. The number of benzene rings is 1. The summed E-state index contributed by atoms with van der Waals surface area (Å²) in [7, 11) is 0. The second-order valence-electron chi connectivity index (χ2n) is 6.93. The number of carbonyl (C=O) groups is 2. The van der Waals surface area contributed by atoms with Crippen LogP contribution in [-0.4, -0.2) is 28.7 Å². The highest BCUT2D eigenvalue weighted by molar-refractivity contribution is 5.95. The van der Waals surface area contributed by atoms with E-state index in [0.717, 1.165) is 5.56 Å². The van der Waals surface area contributed by atoms with Gasteiger partial charge in [-0.1, -0.05) is 51.1 Å². The molecular formula is C16H20N2O3. The van der Waals surface area contributed by atoms with Crippen molar-refractivity contribution in [2.24, 2.45) is 5.41 Å². The maximum absolute atomic E-state index is 12.5. The van der Waals surface area contributed by atoms with Crippen molar-refractivity contribution in [3.8, 4) is 0 Å². The second-order valence-corrected chi connectivity index (χ2v) is 6.93. The fourth-order valence-corrected chi connectivity index (χ4v) is 3.14. The highest BCUT2D eigenvalue weighted by atomic mass is 16.6. The number of rotatable bonds is 1. The van der Waals surface area contributed by atoms with Gasteiger partial charge in [0.25, 0.3) is 0 Å². The number of urea groups is 1. The Morgan fingerprint density at radius 3 is 2.38 bits per heavy atom. The first kappa shape index (κ1) is 13.9. The maximum Gasteiger partial charge on any atom is 0.336 e. The summed E-state index contributed by atoms with van der Waals surface area (Å²) in [6.07, 6.45) is -0.552. The smallest absolute Gasteiger partial charge is 0.336 e. The molecule has 2 heterocycles. The number of hydrogen-bond donors (Lipinski definition) is 1. The number of esters is 1. The molecule has 21 heavy (non-hydrogen) atoms. The van der Waals surface area contributed by atoms with E-state index >= 15 is 0 Å². The van der Waals surface area contributed by atoms with E-state index in [0.29, 0.717) is 0 Å². The molecule has 2 amide bonds. The van der Waals surface area contributed by atoms with Crippen LogP contribution < -0.4 is 5.32 Å². The Kier molecular flexibility index (Phi) is 2.80. The van der Waals surface area contributed by atoms with E-state index in [2.05, 4.69) is 5.32 Å². The molecule has 2 aliphatic rings. The minimum atomic E-state index is -1.00. The third-order valence-electron chi connectivity index (χ3n) is 4.29. The van der Waals surface area contributed by atoms with E-state index in [-0.39, 0.29) is 17.4 Å². The van der Waals surface area contributed by atoms with Crippen molar-refractivity contribution < 1.29 is 14.3 Å². The number of nitrogens with zero attached hydrogens (tertiary/aromatic N) is 1. The molecule has 1 aromatic carbocycles. The minimum absolute atomic E-state index is 0.253. The Balaban J connectivity index is 2.07. The van der Waals surface area contributed by atoms with Gasteiger partial charge in [-0.25, -0.2) is 9.59 Å². The van der Waals surface area contributed by atoms with Crippen molar-refractivity contribution in [1.82, 2.24) is 10.2 Å². The lowest BCUT2D eigenvalue weighted by Crippen LogP contribution is -2.50. The van der Waals surface area contributed by atoms with Crippen LogP contribution in [0.25, 0.3) is 0 Å². The first-order valence-electron chi connectivity index (χ1n) is 7.12. The molecule has 1 aromatic rings. The first-order valence-corrected chi connectivity index (χ1v) is 7.12. The van der Waals surface area contributed by atoms with E-state index in [9.17, 15) is 9.59 Å². The van der Waals surface area contributed by atoms with E-state index in [1.807, 2.05) is 51.1 Å². The van der Waals surface area contributed by atoms with Gasteiger partial charge >= 0.3 is 12.0 Å². The van der Waals surface area contributed by atoms with E-state index in [4.69, 9.17) is 4.74 Å². The van der Waals surface area contributed by atoms with Crippen molar-refractivity contribution in [3.05, 3.63) is 35.9 Å². The zero-order chi connectivity index (χ0) is 15.4. The van der Waals surface area contributed by atoms with Crippen LogP contribution in [0, 0.1) is 5.41 Å². The van der Waals surface area contributed by atoms with Crippen LogP contribution >= 0.6 is 0 Å². The molecule has 0 radical (unpaired) electrons. The van der Waals surface area contributed by atoms with E-state index in [1.54, 1.807) is 11.8 Å². The molecule has 3 atom stereocenters. The Labute approximate surface area is 124 Å². The summed E-state index contributed by atoms with van der Waals surface area (Å²) in [6.45, 7) is 7.65. The lowest BCUT2D eigenvalue weighted by Gasteiger charge is -2.33. The Morgan fingerprint density at radius 1 is 1.19 bits per heavy atom. The molecule has 112 valence electrons. The molecule has 0 saturated carbocycles. The maximum atomic E-state index is 12.5. The van der Waals surface area contributed by atoms with Crippen molar-refractivity contribution >= 4 is 12.0 Å². The lowest BCUT2D eigenvalue weighted by molar-refractivity contribution is -0.149. The van der Waals surface area contributed by atoms with Gasteiger partial charge in [-0.3, -0.25) is 4.90 Å². The predicted octanol–water partition coefficient (Wildman–Crippen LogP) is 2.44. The number of cyclic esters (lactones) is 1. The quantitative estimate of drug-likeness (QED) is 0.807. The Hall–Kier alpha value is -2.04. The van der Waals surface area contributed by atoms with Crippen molar-refractivity contribution in [2.75, 3.05) is 0 Å². The Morgan fingerprint density at radius 2 is 1.81 bits per heavy atom. The average molecular weight is 288 g/mol. The van der Waals surface area contributed by atoms with Crippen LogP contribution in [0.5, 0.6) is 0 Å². The molecule has 5 heteroatoms. The summed E-state index contributed by atoms with van der Waals surface area (Å²) in [6, 6.07) is 8.88. The molecule has 3 rings (SSSR count). The van der Waals surface area contributed by atoms with Gasteiger partial charge in [0.1, 0.15) is 0 Å². The molecular weight excluding hydrogens is 268 g/mol. The Bertz CT molecular complexity index is 593. The zero-order valence-corrected chi connectivity index (χ0v) is 12.7. The van der Waals surface area contributed by atoms with Gasteiger partial charge in [-0.05, 0) is 12.5 Å². The van der Waals surface area contributed by atoms with Crippen molar-refractivity contribution in [3.63, 3.8) is 0 Å². The van der Waals surface area contributed by atoms with Gasteiger partial charge in [0.05, 0.1) is 6.04 Å². The third-order valence-corrected chi connectivity index (χ3v) is 4.29. The van der Waals surface area contributed by atoms with Gasteiger partial charge in [-0.2, -0.15) is 0 Å². The monoisotopic (exact) mass is 288 g/mol. The first-order chi connectivity index (χ1) is 9.76. The molecule has 5 nitrogen and oxygen atoms in total. The molecule has 0 spiro atoms. The summed E-state index contributed by atoms with van der Waals surface area (Å²) < 4.78 is 5.54. The van der Waals surface area contributed by atoms with Crippen LogP contribution in [0.2, 0.25) is 0 Å². The van der Waals surface area contributed by atoms with Crippen LogP contribution in [-0.2, 0) is 9.53 Å². The topological polar surface area (TPSA) is 58.6 Å². The van der Waals surface area contributed by atoms with Gasteiger partial charge < -0.3 is 10.1 Å². The van der Waals surface area contributed by atoms with Gasteiger partial charge in [-0.15, -0.1) is 0 Å². The van der Waals surface area contributed by atoms with Gasteiger partial charge in [0, 0.05) is 5.41 Å². The minimum Gasteiger partial charge on any atom is -0.439 e. The molecule has 2 saturated heterocycles. The van der Waals surface area contributed by atoms with Crippen LogP contribution in [0.15, 0.2) is 30.3 Å². The number of amides is 2. The fourth-order valence-electron chi connectivity index (χ4n) is 3.14. The third kappa shape index (κ3) is 1.83. The SMILES string of the molecule is CC(C)(C)[C@H]1OC(=O)[C@]2(C)[C@H](c3ccccc3)NC(=O)N12. The van der Waals surface area contributed by atoms with Crippen LogP contribution in [0.3, 0.4) is 0 Å². The van der Waals surface area contributed by atoms with E-state index in [1.165, 1.54) is 0 Å². The molecule has 0 aliphatic carbocycles. The highest BCUT2D eigenvalue weighted by Crippen LogP contribution is 2.47. The summed E-state index contributed by atoms with van der Waals surface area (Å²) in [4.78, 5) is 26.5. The van der Waals surface area contributed by atoms with Crippen LogP contribution in [0.1, 0.15) is 39.3 Å². The van der Waals surface area contributed by atoms with Crippen molar-refractivity contribution in [1.29, 1.82) is 0 Å². The molecule has 0 unspecified atom stereocenters. The lowest BCUT2D eigenvalue weighted by atomic mass is 9.86. The molecule has 2 aliphatic heterocycles. The number of nitrogens with one attached hydrogen (secondary N) is 1. The molecule has 0 aromatic heterocycles. The number of hydrogen-bond acceptors (Lipinski definition) is 3. The van der Waals surface area contributed by atoms with Crippen molar-refractivity contribution in [2.45, 2.75) is 45.5 Å². The predicted molar refractivity (Wildman–Crippen MR) is 77.3 cm³/mol. The second kappa shape index (κ2) is 4.23. The average Bonchev–Trinajstić information content (AvgIpc) is 2.84. The fraction of sp³-hybridized carbons (Fsp3) is 0.500. The zero-order valence-electron chi connectivity index (χ0n) is 12.7. The highest BCUT2D eigenvalue weighted by Gasteiger charge is 2.65. The summed E-state index contributed by atoms with van der Waals surface area (Å²) in [5.41, 5.74) is -0.436. The molecule has 0 bridgehead atoms. The van der Waals surface area contributed by atoms with Gasteiger partial charge in [0.15, 0.2) is 11.8 Å². The molecule has 2 fully saturated rings. The molecule has 1 N–H and O–H groups in total. The normalized spacial score (nSPS) is 31.9. The standard InChI is InChI=1S/C16H20N2O3/c1-15(2,3)12-18-14(20)17-11(10-8-6-5-7-9-10)16(18,4)13(19)21-12/h5-9,11-12H,1-4H3,(H,17,20)/t11-,12+,16-/m0/s1.